The van der Waals surface area contributed by atoms with Crippen molar-refractivity contribution < 1.29 is 19.8 Å². The maximum absolute atomic E-state index is 12.2. The Bertz CT molecular complexity index is 462. The predicted molar refractivity (Wildman–Crippen MR) is 78.7 cm³/mol. The molecular weight excluding hydrogens is 272 g/mol. The Labute approximate surface area is 124 Å². The Hall–Kier alpha value is -2.08. The highest BCUT2D eigenvalue weighted by Gasteiger charge is 2.25. The number of aliphatic hydroxyl groups is 1. The van der Waals surface area contributed by atoms with Gasteiger partial charge in [0.15, 0.2) is 0 Å². The molecule has 1 unspecified atom stereocenters. The summed E-state index contributed by atoms with van der Waals surface area (Å²) in [4.78, 5) is 24.7. The molecule has 0 fully saturated rings. The second kappa shape index (κ2) is 8.26. The van der Waals surface area contributed by atoms with Crippen molar-refractivity contribution in [1.29, 1.82) is 0 Å². The van der Waals surface area contributed by atoms with Gasteiger partial charge in [0, 0.05) is 13.1 Å². The van der Waals surface area contributed by atoms with Crippen LogP contribution in [-0.2, 0) is 11.3 Å². The zero-order valence-corrected chi connectivity index (χ0v) is 12.3. The van der Waals surface area contributed by atoms with E-state index in [9.17, 15) is 9.59 Å². The van der Waals surface area contributed by atoms with Gasteiger partial charge in [-0.1, -0.05) is 44.2 Å². The molecule has 6 nitrogen and oxygen atoms in total. The van der Waals surface area contributed by atoms with Gasteiger partial charge in [0.25, 0.3) is 0 Å². The van der Waals surface area contributed by atoms with Crippen LogP contribution in [0.1, 0.15) is 19.4 Å². The molecule has 0 aliphatic carbocycles. The number of carboxylic acid groups (broad SMARTS) is 1. The zero-order valence-electron chi connectivity index (χ0n) is 12.3. The fourth-order valence-electron chi connectivity index (χ4n) is 1.91. The lowest BCUT2D eigenvalue weighted by atomic mass is 10.1. The number of benzene rings is 1. The molecule has 0 aromatic heterocycles. The van der Waals surface area contributed by atoms with Crippen LogP contribution < -0.4 is 5.32 Å². The van der Waals surface area contributed by atoms with Crippen molar-refractivity contribution in [2.75, 3.05) is 13.2 Å². The first-order chi connectivity index (χ1) is 9.95. The number of aliphatic carboxylic acids is 1. The molecule has 116 valence electrons. The number of carbonyl (C=O) groups excluding carboxylic acids is 1. The fraction of sp³-hybridized carbons (Fsp3) is 0.467. The van der Waals surface area contributed by atoms with Crippen molar-refractivity contribution in [2.24, 2.45) is 5.92 Å². The molecule has 0 bridgehead atoms. The van der Waals surface area contributed by atoms with Gasteiger partial charge >= 0.3 is 12.0 Å². The molecule has 0 heterocycles. The molecule has 2 amide bonds. The number of carbonyl (C=O) groups is 2. The van der Waals surface area contributed by atoms with Crippen LogP contribution in [0.5, 0.6) is 0 Å². The number of urea groups is 1. The van der Waals surface area contributed by atoms with Crippen molar-refractivity contribution in [3.63, 3.8) is 0 Å². The first-order valence-corrected chi connectivity index (χ1v) is 6.88. The Kier molecular flexibility index (Phi) is 6.68. The number of nitrogens with one attached hydrogen (secondary N) is 1. The lowest BCUT2D eigenvalue weighted by Gasteiger charge is -2.26. The topological polar surface area (TPSA) is 89.9 Å². The molecule has 0 spiro atoms. The van der Waals surface area contributed by atoms with Crippen LogP contribution in [0.3, 0.4) is 0 Å². The summed E-state index contributed by atoms with van der Waals surface area (Å²) in [5, 5.41) is 20.7. The third-order valence-corrected chi connectivity index (χ3v) is 3.09. The third kappa shape index (κ3) is 5.43. The first kappa shape index (κ1) is 17.0. The monoisotopic (exact) mass is 294 g/mol. The Morgan fingerprint density at radius 1 is 1.24 bits per heavy atom. The van der Waals surface area contributed by atoms with Crippen LogP contribution in [0.4, 0.5) is 4.79 Å². The molecule has 21 heavy (non-hydrogen) atoms. The molecule has 1 aromatic rings. The molecule has 1 atom stereocenters. The molecule has 1 aromatic carbocycles. The maximum atomic E-state index is 12.2. The van der Waals surface area contributed by atoms with Crippen molar-refractivity contribution >= 4 is 12.0 Å². The van der Waals surface area contributed by atoms with Crippen LogP contribution >= 0.6 is 0 Å². The number of carboxylic acids is 1. The van der Waals surface area contributed by atoms with Gasteiger partial charge in [0.2, 0.25) is 0 Å². The summed E-state index contributed by atoms with van der Waals surface area (Å²) >= 11 is 0. The maximum Gasteiger partial charge on any atom is 0.326 e. The summed E-state index contributed by atoms with van der Waals surface area (Å²) in [7, 11) is 0. The van der Waals surface area contributed by atoms with Crippen molar-refractivity contribution in [1.82, 2.24) is 10.2 Å². The average Bonchev–Trinajstić information content (AvgIpc) is 2.44. The van der Waals surface area contributed by atoms with E-state index >= 15 is 0 Å². The quantitative estimate of drug-likeness (QED) is 0.707. The lowest BCUT2D eigenvalue weighted by Crippen LogP contribution is -2.50. The first-order valence-electron chi connectivity index (χ1n) is 6.88. The zero-order chi connectivity index (χ0) is 15.8. The normalized spacial score (nSPS) is 12.0. The van der Waals surface area contributed by atoms with E-state index in [4.69, 9.17) is 10.2 Å². The molecule has 0 saturated heterocycles. The number of hydrogen-bond donors (Lipinski definition) is 3. The highest BCUT2D eigenvalue weighted by molar-refractivity contribution is 5.82. The predicted octanol–water partition coefficient (Wildman–Crippen LogP) is 1.30. The molecule has 0 radical (unpaired) electrons. The lowest BCUT2D eigenvalue weighted by molar-refractivity contribution is -0.140. The molecule has 3 N–H and O–H groups in total. The minimum Gasteiger partial charge on any atom is -0.480 e. The van der Waals surface area contributed by atoms with Crippen LogP contribution in [0.15, 0.2) is 30.3 Å². The van der Waals surface area contributed by atoms with Gasteiger partial charge in [0.1, 0.15) is 6.04 Å². The number of aliphatic hydroxyl groups excluding tert-OH is 1. The molecule has 0 aliphatic heterocycles. The molecular formula is C15H22N2O4. The third-order valence-electron chi connectivity index (χ3n) is 3.09. The number of amides is 2. The second-order valence-electron chi connectivity index (χ2n) is 5.14. The van der Waals surface area contributed by atoms with E-state index in [1.165, 1.54) is 4.90 Å². The summed E-state index contributed by atoms with van der Waals surface area (Å²) in [5.74, 6) is -1.29. The van der Waals surface area contributed by atoms with Gasteiger partial charge in [-0.2, -0.15) is 0 Å². The Balaban J connectivity index is 2.75. The minimum atomic E-state index is -1.07. The highest BCUT2D eigenvalue weighted by Crippen LogP contribution is 2.07. The van der Waals surface area contributed by atoms with E-state index in [2.05, 4.69) is 5.32 Å². The average molecular weight is 294 g/mol. The second-order valence-corrected chi connectivity index (χ2v) is 5.14. The summed E-state index contributed by atoms with van der Waals surface area (Å²) in [6, 6.07) is 7.89. The summed E-state index contributed by atoms with van der Waals surface area (Å²) in [5.41, 5.74) is 0.914. The molecule has 1 rings (SSSR count). The Morgan fingerprint density at radius 2 is 1.86 bits per heavy atom. The van der Waals surface area contributed by atoms with E-state index in [-0.39, 0.29) is 19.1 Å². The van der Waals surface area contributed by atoms with Crippen LogP contribution in [-0.4, -0.2) is 46.3 Å². The van der Waals surface area contributed by atoms with Gasteiger partial charge in [-0.3, -0.25) is 0 Å². The number of nitrogens with zero attached hydrogens (tertiary/aromatic N) is 1. The van der Waals surface area contributed by atoms with Gasteiger partial charge in [-0.05, 0) is 11.5 Å². The van der Waals surface area contributed by atoms with Crippen molar-refractivity contribution in [3.05, 3.63) is 35.9 Å². The van der Waals surface area contributed by atoms with Crippen molar-refractivity contribution in [2.45, 2.75) is 26.4 Å². The van der Waals surface area contributed by atoms with Crippen molar-refractivity contribution in [3.8, 4) is 0 Å². The smallest absolute Gasteiger partial charge is 0.326 e. The largest absolute Gasteiger partial charge is 0.480 e. The molecule has 0 aliphatic rings. The van der Waals surface area contributed by atoms with E-state index in [0.29, 0.717) is 6.54 Å². The molecule has 6 heteroatoms. The van der Waals surface area contributed by atoms with Crippen LogP contribution in [0, 0.1) is 5.92 Å². The SMILES string of the molecule is CC(C)C(NC(=O)N(CCO)Cc1ccccc1)C(=O)O. The molecule has 0 saturated carbocycles. The van der Waals surface area contributed by atoms with E-state index in [1.54, 1.807) is 13.8 Å². The van der Waals surface area contributed by atoms with Gasteiger partial charge in [-0.15, -0.1) is 0 Å². The number of hydrogen-bond acceptors (Lipinski definition) is 3. The summed E-state index contributed by atoms with van der Waals surface area (Å²) in [6.45, 7) is 3.74. The standard InChI is InChI=1S/C15H22N2O4/c1-11(2)13(14(19)20)16-15(21)17(8-9-18)10-12-6-4-3-5-7-12/h3-7,11,13,18H,8-10H2,1-2H3,(H,16,21)(H,19,20). The van der Waals surface area contributed by atoms with E-state index in [1.807, 2.05) is 30.3 Å². The van der Waals surface area contributed by atoms with Gasteiger partial charge < -0.3 is 20.4 Å². The van der Waals surface area contributed by atoms with Gasteiger partial charge in [-0.25, -0.2) is 9.59 Å². The highest BCUT2D eigenvalue weighted by atomic mass is 16.4. The summed E-state index contributed by atoms with van der Waals surface area (Å²) in [6.07, 6.45) is 0. The van der Waals surface area contributed by atoms with Crippen LogP contribution in [0.2, 0.25) is 0 Å². The van der Waals surface area contributed by atoms with Crippen LogP contribution in [0.25, 0.3) is 0 Å². The Morgan fingerprint density at radius 3 is 2.33 bits per heavy atom. The summed E-state index contributed by atoms with van der Waals surface area (Å²) < 4.78 is 0. The van der Waals surface area contributed by atoms with E-state index in [0.717, 1.165) is 5.56 Å². The minimum absolute atomic E-state index is 0.144. The fourth-order valence-corrected chi connectivity index (χ4v) is 1.91. The number of rotatable bonds is 7. The van der Waals surface area contributed by atoms with E-state index < -0.39 is 18.0 Å². The van der Waals surface area contributed by atoms with Gasteiger partial charge in [0.05, 0.1) is 6.61 Å².